The standard InChI is InChI=1S/C15H18N4O2.ClH/c1-10-17-14(21-18-10)11-6-8-19(9-7-11)15(20)12-4-2-3-5-13(12)16;/h2-5,11H,6-9,16H2,1H3;1H. The van der Waals surface area contributed by atoms with E-state index in [1.54, 1.807) is 12.1 Å². The fourth-order valence-electron chi connectivity index (χ4n) is 2.67. The number of aryl methyl sites for hydroxylation is 1. The number of hydrogen-bond donors (Lipinski definition) is 1. The number of para-hydroxylation sites is 1. The Hall–Kier alpha value is -2.08. The van der Waals surface area contributed by atoms with Crippen LogP contribution in [-0.2, 0) is 0 Å². The molecule has 7 heteroatoms. The highest BCUT2D eigenvalue weighted by Crippen LogP contribution is 2.28. The number of carbonyl (C=O) groups is 1. The number of nitrogens with two attached hydrogens (primary N) is 1. The van der Waals surface area contributed by atoms with Crippen molar-refractivity contribution < 1.29 is 9.32 Å². The molecule has 2 aromatic rings. The molecule has 22 heavy (non-hydrogen) atoms. The Kier molecular flexibility index (Phi) is 5.03. The van der Waals surface area contributed by atoms with E-state index >= 15 is 0 Å². The van der Waals surface area contributed by atoms with Crippen molar-refractivity contribution in [1.29, 1.82) is 0 Å². The molecule has 0 radical (unpaired) electrons. The molecule has 1 aliphatic rings. The summed E-state index contributed by atoms with van der Waals surface area (Å²) < 4.78 is 5.22. The number of amides is 1. The molecule has 0 spiro atoms. The molecule has 0 saturated carbocycles. The topological polar surface area (TPSA) is 85.2 Å². The summed E-state index contributed by atoms with van der Waals surface area (Å²) in [7, 11) is 0. The van der Waals surface area contributed by atoms with E-state index in [0.717, 1.165) is 12.8 Å². The molecule has 118 valence electrons. The molecule has 0 atom stereocenters. The lowest BCUT2D eigenvalue weighted by Crippen LogP contribution is -2.38. The normalized spacial score (nSPS) is 15.4. The number of aromatic nitrogens is 2. The van der Waals surface area contributed by atoms with Crippen LogP contribution in [-0.4, -0.2) is 34.0 Å². The summed E-state index contributed by atoms with van der Waals surface area (Å²) in [4.78, 5) is 18.6. The van der Waals surface area contributed by atoms with Crippen molar-refractivity contribution in [3.8, 4) is 0 Å². The number of anilines is 1. The Balaban J connectivity index is 0.00000176. The van der Waals surface area contributed by atoms with Crippen molar-refractivity contribution in [3.05, 3.63) is 41.5 Å². The van der Waals surface area contributed by atoms with Gasteiger partial charge in [-0.1, -0.05) is 17.3 Å². The molecule has 1 aromatic carbocycles. The largest absolute Gasteiger partial charge is 0.398 e. The summed E-state index contributed by atoms with van der Waals surface area (Å²) in [6.07, 6.45) is 1.67. The lowest BCUT2D eigenvalue weighted by Gasteiger charge is -2.30. The molecule has 2 N–H and O–H groups in total. The van der Waals surface area contributed by atoms with E-state index in [1.807, 2.05) is 24.0 Å². The second-order valence-corrected chi connectivity index (χ2v) is 5.33. The van der Waals surface area contributed by atoms with Gasteiger partial charge in [0.15, 0.2) is 5.82 Å². The number of likely N-dealkylation sites (tertiary alicyclic amines) is 1. The van der Waals surface area contributed by atoms with Crippen molar-refractivity contribution in [2.24, 2.45) is 0 Å². The van der Waals surface area contributed by atoms with Gasteiger partial charge in [-0.25, -0.2) is 0 Å². The number of piperidine rings is 1. The summed E-state index contributed by atoms with van der Waals surface area (Å²) >= 11 is 0. The molecule has 1 amide bonds. The van der Waals surface area contributed by atoms with Gasteiger partial charge in [0.1, 0.15) is 0 Å². The van der Waals surface area contributed by atoms with E-state index in [9.17, 15) is 4.79 Å². The van der Waals surface area contributed by atoms with Gasteiger partial charge in [0, 0.05) is 24.7 Å². The maximum Gasteiger partial charge on any atom is 0.255 e. The van der Waals surface area contributed by atoms with E-state index in [1.165, 1.54) is 0 Å². The first-order valence-corrected chi connectivity index (χ1v) is 7.09. The van der Waals surface area contributed by atoms with Crippen molar-refractivity contribution in [2.75, 3.05) is 18.8 Å². The summed E-state index contributed by atoms with van der Waals surface area (Å²) in [5, 5.41) is 3.82. The summed E-state index contributed by atoms with van der Waals surface area (Å²) in [6, 6.07) is 7.18. The predicted octanol–water partition coefficient (Wildman–Crippen LogP) is 2.40. The molecule has 2 heterocycles. The molecular weight excluding hydrogens is 304 g/mol. The molecule has 1 saturated heterocycles. The average molecular weight is 323 g/mol. The molecule has 6 nitrogen and oxygen atoms in total. The smallest absolute Gasteiger partial charge is 0.255 e. The summed E-state index contributed by atoms with van der Waals surface area (Å²) in [5.41, 5.74) is 6.97. The first kappa shape index (κ1) is 16.3. The molecule has 0 aliphatic carbocycles. The van der Waals surface area contributed by atoms with Crippen LogP contribution in [0.1, 0.15) is 40.8 Å². The summed E-state index contributed by atoms with van der Waals surface area (Å²) in [6.45, 7) is 3.17. The fourth-order valence-corrected chi connectivity index (χ4v) is 2.67. The quantitative estimate of drug-likeness (QED) is 0.858. The molecule has 3 rings (SSSR count). The third kappa shape index (κ3) is 3.22. The van der Waals surface area contributed by atoms with E-state index < -0.39 is 0 Å². The number of halogens is 1. The maximum absolute atomic E-state index is 12.5. The number of carbonyl (C=O) groups excluding carboxylic acids is 1. The monoisotopic (exact) mass is 322 g/mol. The fraction of sp³-hybridized carbons (Fsp3) is 0.400. The lowest BCUT2D eigenvalue weighted by molar-refractivity contribution is 0.0705. The van der Waals surface area contributed by atoms with Crippen molar-refractivity contribution in [1.82, 2.24) is 15.0 Å². The van der Waals surface area contributed by atoms with E-state index in [2.05, 4.69) is 10.1 Å². The van der Waals surface area contributed by atoms with Crippen LogP contribution in [0, 0.1) is 6.92 Å². The zero-order valence-corrected chi connectivity index (χ0v) is 13.2. The Morgan fingerprint density at radius 2 is 2.00 bits per heavy atom. The van der Waals surface area contributed by atoms with Gasteiger partial charge in [0.2, 0.25) is 5.89 Å². The van der Waals surface area contributed by atoms with Gasteiger partial charge in [-0.15, -0.1) is 12.4 Å². The second kappa shape index (κ2) is 6.79. The van der Waals surface area contributed by atoms with Gasteiger partial charge in [-0.3, -0.25) is 4.79 Å². The number of nitrogens with zero attached hydrogens (tertiary/aromatic N) is 3. The Labute approximate surface area is 135 Å². The highest BCUT2D eigenvalue weighted by Gasteiger charge is 2.28. The average Bonchev–Trinajstić information content (AvgIpc) is 2.94. The zero-order valence-electron chi connectivity index (χ0n) is 12.4. The third-order valence-corrected chi connectivity index (χ3v) is 3.87. The SMILES string of the molecule is Cc1noc(C2CCN(C(=O)c3ccccc3N)CC2)n1.Cl. The molecule has 1 aliphatic heterocycles. The molecule has 1 fully saturated rings. The van der Waals surface area contributed by atoms with Gasteiger partial charge >= 0.3 is 0 Å². The Morgan fingerprint density at radius 3 is 2.59 bits per heavy atom. The van der Waals surface area contributed by atoms with Crippen LogP contribution >= 0.6 is 12.4 Å². The highest BCUT2D eigenvalue weighted by molar-refractivity contribution is 5.99. The first-order chi connectivity index (χ1) is 10.1. The first-order valence-electron chi connectivity index (χ1n) is 7.09. The minimum absolute atomic E-state index is 0. The maximum atomic E-state index is 12.5. The molecule has 1 aromatic heterocycles. The van der Waals surface area contributed by atoms with Crippen LogP contribution < -0.4 is 5.73 Å². The van der Waals surface area contributed by atoms with Crippen LogP contribution in [0.25, 0.3) is 0 Å². The number of hydrogen-bond acceptors (Lipinski definition) is 5. The van der Waals surface area contributed by atoms with E-state index in [4.69, 9.17) is 10.3 Å². The van der Waals surface area contributed by atoms with Gasteiger partial charge in [-0.05, 0) is 31.9 Å². The minimum Gasteiger partial charge on any atom is -0.398 e. The summed E-state index contributed by atoms with van der Waals surface area (Å²) in [5.74, 6) is 1.57. The molecule has 0 bridgehead atoms. The van der Waals surface area contributed by atoms with Crippen molar-refractivity contribution in [2.45, 2.75) is 25.7 Å². The van der Waals surface area contributed by atoms with Crippen LogP contribution in [0.2, 0.25) is 0 Å². The van der Waals surface area contributed by atoms with Crippen LogP contribution in [0.4, 0.5) is 5.69 Å². The Bertz CT molecular complexity index is 650. The molecule has 0 unspecified atom stereocenters. The minimum atomic E-state index is -0.00624. The molecular formula is C15H19ClN4O2. The van der Waals surface area contributed by atoms with Crippen molar-refractivity contribution >= 4 is 24.0 Å². The number of rotatable bonds is 2. The Morgan fingerprint density at radius 1 is 1.32 bits per heavy atom. The van der Waals surface area contributed by atoms with Gasteiger partial charge < -0.3 is 15.2 Å². The third-order valence-electron chi connectivity index (χ3n) is 3.87. The van der Waals surface area contributed by atoms with Crippen LogP contribution in [0.5, 0.6) is 0 Å². The zero-order chi connectivity index (χ0) is 14.8. The number of nitrogen functional groups attached to an aromatic ring is 1. The highest BCUT2D eigenvalue weighted by atomic mass is 35.5. The van der Waals surface area contributed by atoms with Crippen LogP contribution in [0.3, 0.4) is 0 Å². The van der Waals surface area contributed by atoms with Gasteiger partial charge in [0.05, 0.1) is 5.56 Å². The van der Waals surface area contributed by atoms with E-state index in [-0.39, 0.29) is 24.2 Å². The van der Waals surface area contributed by atoms with Gasteiger partial charge in [-0.2, -0.15) is 4.98 Å². The second-order valence-electron chi connectivity index (χ2n) is 5.33. The van der Waals surface area contributed by atoms with Gasteiger partial charge in [0.25, 0.3) is 5.91 Å². The lowest BCUT2D eigenvalue weighted by atomic mass is 9.96. The van der Waals surface area contributed by atoms with E-state index in [0.29, 0.717) is 36.1 Å². The predicted molar refractivity (Wildman–Crippen MR) is 85.0 cm³/mol. The van der Waals surface area contributed by atoms with Crippen molar-refractivity contribution in [3.63, 3.8) is 0 Å². The number of benzene rings is 1. The van der Waals surface area contributed by atoms with Crippen LogP contribution in [0.15, 0.2) is 28.8 Å².